The van der Waals surface area contributed by atoms with Gasteiger partial charge >= 0.3 is 0 Å². The van der Waals surface area contributed by atoms with Crippen LogP contribution in [0.3, 0.4) is 0 Å². The smallest absolute Gasteiger partial charge is 0.109 e. The molecule has 2 saturated carbocycles. The zero-order chi connectivity index (χ0) is 14.2. The molecule has 3 unspecified atom stereocenters. The molecule has 0 amide bonds. The highest BCUT2D eigenvalue weighted by atomic mass is 32.1. The minimum Gasteiger partial charge on any atom is -0.378 e. The molecule has 1 spiro atoms. The first-order valence-electron chi connectivity index (χ1n) is 7.95. The molecular formula is C16H26N2OS. The van der Waals surface area contributed by atoms with E-state index < -0.39 is 0 Å². The molecule has 2 aliphatic rings. The van der Waals surface area contributed by atoms with Gasteiger partial charge in [-0.1, -0.05) is 12.8 Å². The van der Waals surface area contributed by atoms with Crippen LogP contribution in [-0.4, -0.2) is 23.7 Å². The number of nitrogens with one attached hydrogen (secondary N) is 1. The molecular weight excluding hydrogens is 268 g/mol. The van der Waals surface area contributed by atoms with Crippen molar-refractivity contribution in [2.75, 3.05) is 6.61 Å². The SMILES string of the molecule is CCOC1CC(NC(C)c2ncc(C)s2)C12CCCC2. The predicted octanol–water partition coefficient (Wildman–Crippen LogP) is 3.84. The first-order chi connectivity index (χ1) is 9.65. The van der Waals surface area contributed by atoms with E-state index in [9.17, 15) is 0 Å². The van der Waals surface area contributed by atoms with Crippen molar-refractivity contribution in [2.45, 2.75) is 71.1 Å². The van der Waals surface area contributed by atoms with E-state index in [1.54, 1.807) is 0 Å². The quantitative estimate of drug-likeness (QED) is 0.896. The lowest BCUT2D eigenvalue weighted by Gasteiger charge is -2.55. The molecule has 2 aliphatic carbocycles. The maximum atomic E-state index is 5.98. The maximum absolute atomic E-state index is 5.98. The summed E-state index contributed by atoms with van der Waals surface area (Å²) in [5.74, 6) is 0. The van der Waals surface area contributed by atoms with Crippen molar-refractivity contribution >= 4 is 11.3 Å². The number of thiazole rings is 1. The minimum absolute atomic E-state index is 0.360. The van der Waals surface area contributed by atoms with Crippen LogP contribution in [0, 0.1) is 12.3 Å². The van der Waals surface area contributed by atoms with Gasteiger partial charge in [0, 0.05) is 29.1 Å². The van der Waals surface area contributed by atoms with Crippen molar-refractivity contribution in [3.05, 3.63) is 16.1 Å². The summed E-state index contributed by atoms with van der Waals surface area (Å²) in [7, 11) is 0. The standard InChI is InChI=1S/C16H26N2OS/c1-4-19-14-9-13(16(14)7-5-6-8-16)18-12(3)15-17-10-11(2)20-15/h10,12-14,18H,4-9H2,1-3H3. The molecule has 1 aromatic heterocycles. The van der Waals surface area contributed by atoms with Crippen molar-refractivity contribution in [1.29, 1.82) is 0 Å². The van der Waals surface area contributed by atoms with E-state index in [1.165, 1.54) is 42.0 Å². The first kappa shape index (κ1) is 14.5. The Hall–Kier alpha value is -0.450. The van der Waals surface area contributed by atoms with E-state index in [2.05, 4.69) is 31.1 Å². The molecule has 0 radical (unpaired) electrons. The third-order valence-corrected chi connectivity index (χ3v) is 6.24. The van der Waals surface area contributed by atoms with Gasteiger partial charge in [-0.2, -0.15) is 0 Å². The molecule has 0 aliphatic heterocycles. The summed E-state index contributed by atoms with van der Waals surface area (Å²) in [6.45, 7) is 7.33. The fourth-order valence-electron chi connectivity index (χ4n) is 4.07. The second-order valence-corrected chi connectivity index (χ2v) is 7.64. The molecule has 1 heterocycles. The Morgan fingerprint density at radius 3 is 2.85 bits per heavy atom. The predicted molar refractivity (Wildman–Crippen MR) is 83.1 cm³/mol. The molecule has 3 rings (SSSR count). The molecule has 3 atom stereocenters. The summed E-state index contributed by atoms with van der Waals surface area (Å²) in [5.41, 5.74) is 0.413. The molecule has 112 valence electrons. The maximum Gasteiger partial charge on any atom is 0.109 e. The number of hydrogen-bond acceptors (Lipinski definition) is 4. The Bertz CT molecular complexity index is 453. The van der Waals surface area contributed by atoms with Gasteiger partial charge in [0.2, 0.25) is 0 Å². The average molecular weight is 294 g/mol. The Balaban J connectivity index is 1.65. The zero-order valence-electron chi connectivity index (χ0n) is 12.8. The van der Waals surface area contributed by atoms with Crippen molar-refractivity contribution in [3.63, 3.8) is 0 Å². The molecule has 0 bridgehead atoms. The van der Waals surface area contributed by atoms with Gasteiger partial charge in [-0.25, -0.2) is 4.98 Å². The van der Waals surface area contributed by atoms with Crippen molar-refractivity contribution in [2.24, 2.45) is 5.41 Å². The van der Waals surface area contributed by atoms with Gasteiger partial charge in [-0.15, -0.1) is 11.3 Å². The Morgan fingerprint density at radius 1 is 1.50 bits per heavy atom. The van der Waals surface area contributed by atoms with Crippen LogP contribution in [0.5, 0.6) is 0 Å². The van der Waals surface area contributed by atoms with Gasteiger partial charge in [-0.3, -0.25) is 0 Å². The van der Waals surface area contributed by atoms with E-state index in [0.29, 0.717) is 23.6 Å². The van der Waals surface area contributed by atoms with E-state index in [4.69, 9.17) is 4.74 Å². The third kappa shape index (κ3) is 2.42. The van der Waals surface area contributed by atoms with Crippen LogP contribution in [-0.2, 0) is 4.74 Å². The molecule has 20 heavy (non-hydrogen) atoms. The van der Waals surface area contributed by atoms with E-state index in [-0.39, 0.29) is 0 Å². The molecule has 3 nitrogen and oxygen atoms in total. The van der Waals surface area contributed by atoms with Gasteiger partial charge < -0.3 is 10.1 Å². The molecule has 0 aromatic carbocycles. The lowest BCUT2D eigenvalue weighted by Crippen LogP contribution is -2.63. The summed E-state index contributed by atoms with van der Waals surface area (Å²) in [6.07, 6.45) is 9.03. The highest BCUT2D eigenvalue weighted by Crippen LogP contribution is 2.55. The largest absolute Gasteiger partial charge is 0.378 e. The van der Waals surface area contributed by atoms with Crippen LogP contribution in [0.2, 0.25) is 0 Å². The van der Waals surface area contributed by atoms with Gasteiger partial charge in [0.15, 0.2) is 0 Å². The van der Waals surface area contributed by atoms with E-state index >= 15 is 0 Å². The van der Waals surface area contributed by atoms with E-state index in [0.717, 1.165) is 6.61 Å². The van der Waals surface area contributed by atoms with Crippen molar-refractivity contribution in [3.8, 4) is 0 Å². The average Bonchev–Trinajstić information content (AvgIpc) is 3.07. The second kappa shape index (κ2) is 5.74. The summed E-state index contributed by atoms with van der Waals surface area (Å²) in [5, 5.41) is 5.05. The number of rotatable bonds is 5. The molecule has 2 fully saturated rings. The molecule has 1 N–H and O–H groups in total. The number of aromatic nitrogens is 1. The third-order valence-electron chi connectivity index (χ3n) is 5.15. The normalized spacial score (nSPS) is 29.6. The molecule has 1 aromatic rings. The Labute approximate surface area is 126 Å². The monoisotopic (exact) mass is 294 g/mol. The van der Waals surface area contributed by atoms with Crippen LogP contribution < -0.4 is 5.32 Å². The molecule has 4 heteroatoms. The van der Waals surface area contributed by atoms with Gasteiger partial charge in [0.25, 0.3) is 0 Å². The lowest BCUT2D eigenvalue weighted by atomic mass is 9.60. The van der Waals surface area contributed by atoms with Crippen LogP contribution >= 0.6 is 11.3 Å². The van der Waals surface area contributed by atoms with Crippen molar-refractivity contribution < 1.29 is 4.74 Å². The first-order valence-corrected chi connectivity index (χ1v) is 8.77. The fraction of sp³-hybridized carbons (Fsp3) is 0.812. The van der Waals surface area contributed by atoms with Gasteiger partial charge in [0.05, 0.1) is 12.1 Å². The van der Waals surface area contributed by atoms with Crippen LogP contribution in [0.4, 0.5) is 0 Å². The van der Waals surface area contributed by atoms with Gasteiger partial charge in [-0.05, 0) is 40.0 Å². The van der Waals surface area contributed by atoms with Crippen LogP contribution in [0.25, 0.3) is 0 Å². The summed E-state index contributed by atoms with van der Waals surface area (Å²) < 4.78 is 5.98. The number of nitrogens with zero attached hydrogens (tertiary/aromatic N) is 1. The van der Waals surface area contributed by atoms with Crippen molar-refractivity contribution in [1.82, 2.24) is 10.3 Å². The van der Waals surface area contributed by atoms with Crippen LogP contribution in [0.15, 0.2) is 6.20 Å². The zero-order valence-corrected chi connectivity index (χ0v) is 13.6. The number of ether oxygens (including phenoxy) is 1. The van der Waals surface area contributed by atoms with Crippen LogP contribution in [0.1, 0.15) is 61.9 Å². The summed E-state index contributed by atoms with van der Waals surface area (Å²) in [6, 6.07) is 0.972. The van der Waals surface area contributed by atoms with Gasteiger partial charge in [0.1, 0.15) is 5.01 Å². The number of aryl methyl sites for hydroxylation is 1. The fourth-order valence-corrected chi connectivity index (χ4v) is 4.85. The molecule has 0 saturated heterocycles. The Morgan fingerprint density at radius 2 is 2.25 bits per heavy atom. The Kier molecular flexibility index (Phi) is 4.16. The number of hydrogen-bond donors (Lipinski definition) is 1. The highest BCUT2D eigenvalue weighted by molar-refractivity contribution is 7.11. The second-order valence-electron chi connectivity index (χ2n) is 6.37. The summed E-state index contributed by atoms with van der Waals surface area (Å²) >= 11 is 1.81. The minimum atomic E-state index is 0.360. The lowest BCUT2D eigenvalue weighted by molar-refractivity contribution is -0.132. The summed E-state index contributed by atoms with van der Waals surface area (Å²) in [4.78, 5) is 5.82. The topological polar surface area (TPSA) is 34.1 Å². The highest BCUT2D eigenvalue weighted by Gasteiger charge is 2.56. The van der Waals surface area contributed by atoms with E-state index in [1.807, 2.05) is 17.5 Å².